The van der Waals surface area contributed by atoms with Crippen LogP contribution in [0, 0.1) is 6.92 Å². The van der Waals surface area contributed by atoms with Crippen LogP contribution in [-0.4, -0.2) is 29.4 Å². The molecule has 0 spiro atoms. The van der Waals surface area contributed by atoms with Crippen molar-refractivity contribution in [3.05, 3.63) is 35.4 Å². The summed E-state index contributed by atoms with van der Waals surface area (Å²) in [7, 11) is 0. The Morgan fingerprint density at radius 3 is 2.36 bits per heavy atom. The molecule has 6 heteroatoms. The fourth-order valence-corrected chi connectivity index (χ4v) is 2.65. The number of carbonyl (C=O) groups is 2. The van der Waals surface area contributed by atoms with Crippen LogP contribution >= 0.6 is 11.8 Å². The van der Waals surface area contributed by atoms with E-state index in [9.17, 15) is 9.59 Å². The van der Waals surface area contributed by atoms with E-state index < -0.39 is 23.6 Å². The molecule has 22 heavy (non-hydrogen) atoms. The first-order chi connectivity index (χ1) is 10.2. The second-order valence-electron chi connectivity index (χ2n) is 6.10. The molecular formula is C16H24N2O3S. The minimum absolute atomic E-state index is 0.405. The number of thioether (sulfide) groups is 1. The van der Waals surface area contributed by atoms with E-state index in [2.05, 4.69) is 5.32 Å². The number of primary amides is 1. The standard InChI is InChI=1S/C16H24N2O3S/c1-11-5-7-12(8-6-11)9-22-10-13(14(17)19)18-15(20)21-16(2,3)4/h5-8,13H,9-10H2,1-4H3,(H2,17,19)(H,18,20)/t13-/m1/s1. The Kier molecular flexibility index (Phi) is 6.74. The van der Waals surface area contributed by atoms with Gasteiger partial charge in [0, 0.05) is 11.5 Å². The number of amides is 2. The van der Waals surface area contributed by atoms with Crippen molar-refractivity contribution in [3.63, 3.8) is 0 Å². The van der Waals surface area contributed by atoms with E-state index in [4.69, 9.17) is 10.5 Å². The van der Waals surface area contributed by atoms with E-state index in [0.29, 0.717) is 5.75 Å². The molecule has 0 bridgehead atoms. The lowest BCUT2D eigenvalue weighted by molar-refractivity contribution is -0.119. The Morgan fingerprint density at radius 2 is 1.86 bits per heavy atom. The first-order valence-corrected chi connectivity index (χ1v) is 8.25. The van der Waals surface area contributed by atoms with Gasteiger partial charge in [-0.25, -0.2) is 4.79 Å². The van der Waals surface area contributed by atoms with Crippen LogP contribution in [-0.2, 0) is 15.3 Å². The highest BCUT2D eigenvalue weighted by Crippen LogP contribution is 2.14. The number of rotatable bonds is 6. The van der Waals surface area contributed by atoms with Crippen LogP contribution in [0.1, 0.15) is 31.9 Å². The summed E-state index contributed by atoms with van der Waals surface area (Å²) in [4.78, 5) is 23.1. The van der Waals surface area contributed by atoms with Gasteiger partial charge >= 0.3 is 6.09 Å². The first kappa shape index (κ1) is 18.4. The molecule has 1 rings (SSSR count). The molecule has 1 aromatic carbocycles. The van der Waals surface area contributed by atoms with Gasteiger partial charge in [-0.3, -0.25) is 4.79 Å². The fourth-order valence-electron chi connectivity index (χ4n) is 1.62. The highest BCUT2D eigenvalue weighted by molar-refractivity contribution is 7.98. The summed E-state index contributed by atoms with van der Waals surface area (Å²) in [6.07, 6.45) is -0.632. The van der Waals surface area contributed by atoms with Crippen LogP contribution in [0.3, 0.4) is 0 Å². The third-order valence-electron chi connectivity index (χ3n) is 2.71. The first-order valence-electron chi connectivity index (χ1n) is 7.09. The molecule has 1 aromatic rings. The highest BCUT2D eigenvalue weighted by atomic mass is 32.2. The third-order valence-corrected chi connectivity index (χ3v) is 3.81. The number of nitrogens with one attached hydrogen (secondary N) is 1. The van der Waals surface area contributed by atoms with Crippen molar-refractivity contribution in [1.82, 2.24) is 5.32 Å². The summed E-state index contributed by atoms with van der Waals surface area (Å²) in [6.45, 7) is 7.32. The van der Waals surface area contributed by atoms with Crippen molar-refractivity contribution in [1.29, 1.82) is 0 Å². The summed E-state index contributed by atoms with van der Waals surface area (Å²) in [6, 6.07) is 7.43. The summed E-state index contributed by atoms with van der Waals surface area (Å²) in [5, 5.41) is 2.51. The lowest BCUT2D eigenvalue weighted by atomic mass is 10.2. The number of benzene rings is 1. The van der Waals surface area contributed by atoms with Gasteiger partial charge in [-0.15, -0.1) is 0 Å². The molecule has 0 saturated heterocycles. The Hall–Kier alpha value is -1.69. The molecular weight excluding hydrogens is 300 g/mol. The zero-order valence-electron chi connectivity index (χ0n) is 13.5. The van der Waals surface area contributed by atoms with Gasteiger partial charge in [-0.2, -0.15) is 11.8 Å². The number of hydrogen-bond acceptors (Lipinski definition) is 4. The molecule has 0 unspecified atom stereocenters. The van der Waals surface area contributed by atoms with Crippen LogP contribution in [0.25, 0.3) is 0 Å². The van der Waals surface area contributed by atoms with Crippen LogP contribution in [0.5, 0.6) is 0 Å². The quantitative estimate of drug-likeness (QED) is 0.843. The van der Waals surface area contributed by atoms with Gasteiger partial charge in [0.25, 0.3) is 0 Å². The van der Waals surface area contributed by atoms with Crippen LogP contribution in [0.2, 0.25) is 0 Å². The van der Waals surface area contributed by atoms with Crippen molar-refractivity contribution < 1.29 is 14.3 Å². The van der Waals surface area contributed by atoms with Gasteiger partial charge < -0.3 is 15.8 Å². The average molecular weight is 324 g/mol. The molecule has 1 atom stereocenters. The lowest BCUT2D eigenvalue weighted by Crippen LogP contribution is -2.47. The van der Waals surface area contributed by atoms with Crippen molar-refractivity contribution >= 4 is 23.8 Å². The molecule has 2 amide bonds. The molecule has 0 heterocycles. The Labute approximate surface area is 136 Å². The maximum absolute atomic E-state index is 11.7. The van der Waals surface area contributed by atoms with Gasteiger partial charge in [0.1, 0.15) is 11.6 Å². The smallest absolute Gasteiger partial charge is 0.408 e. The Bertz CT molecular complexity index is 509. The zero-order valence-corrected chi connectivity index (χ0v) is 14.3. The summed E-state index contributed by atoms with van der Waals surface area (Å²) >= 11 is 1.54. The molecule has 122 valence electrons. The predicted octanol–water partition coefficient (Wildman–Crippen LogP) is 2.61. The lowest BCUT2D eigenvalue weighted by Gasteiger charge is -2.22. The summed E-state index contributed by atoms with van der Waals surface area (Å²) in [5.41, 5.74) is 7.08. The molecule has 0 saturated carbocycles. The van der Waals surface area contributed by atoms with E-state index in [1.54, 1.807) is 20.8 Å². The van der Waals surface area contributed by atoms with Crippen molar-refractivity contribution in [2.24, 2.45) is 5.73 Å². The zero-order chi connectivity index (χ0) is 16.8. The van der Waals surface area contributed by atoms with Gasteiger partial charge in [-0.1, -0.05) is 29.8 Å². The fraction of sp³-hybridized carbons (Fsp3) is 0.500. The van der Waals surface area contributed by atoms with Crippen molar-refractivity contribution in [2.45, 2.75) is 45.1 Å². The molecule has 0 aromatic heterocycles. The average Bonchev–Trinajstić information content (AvgIpc) is 2.37. The number of nitrogens with two attached hydrogens (primary N) is 1. The molecule has 0 aliphatic rings. The SMILES string of the molecule is Cc1ccc(CSC[C@@H](NC(=O)OC(C)(C)C)C(N)=O)cc1. The molecule has 0 aliphatic carbocycles. The number of aryl methyl sites for hydroxylation is 1. The maximum Gasteiger partial charge on any atom is 0.408 e. The second kappa shape index (κ2) is 8.08. The van der Waals surface area contributed by atoms with E-state index in [1.165, 1.54) is 17.3 Å². The van der Waals surface area contributed by atoms with E-state index in [0.717, 1.165) is 11.3 Å². The largest absolute Gasteiger partial charge is 0.444 e. The number of alkyl carbamates (subject to hydrolysis) is 1. The minimum Gasteiger partial charge on any atom is -0.444 e. The molecule has 0 fully saturated rings. The predicted molar refractivity (Wildman–Crippen MR) is 89.7 cm³/mol. The summed E-state index contributed by atoms with van der Waals surface area (Å²) < 4.78 is 5.13. The number of hydrogen-bond donors (Lipinski definition) is 2. The normalized spacial score (nSPS) is 12.5. The third kappa shape index (κ3) is 7.36. The van der Waals surface area contributed by atoms with Crippen molar-refractivity contribution in [2.75, 3.05) is 5.75 Å². The Balaban J connectivity index is 2.46. The highest BCUT2D eigenvalue weighted by Gasteiger charge is 2.22. The van der Waals surface area contributed by atoms with Gasteiger partial charge in [0.05, 0.1) is 0 Å². The Morgan fingerprint density at radius 1 is 1.27 bits per heavy atom. The van der Waals surface area contributed by atoms with Crippen LogP contribution in [0.4, 0.5) is 4.79 Å². The summed E-state index contributed by atoms with van der Waals surface area (Å²) in [5.74, 6) is 0.588. The second-order valence-corrected chi connectivity index (χ2v) is 7.13. The molecule has 0 aliphatic heterocycles. The topological polar surface area (TPSA) is 81.4 Å². The van der Waals surface area contributed by atoms with Crippen LogP contribution in [0.15, 0.2) is 24.3 Å². The monoisotopic (exact) mass is 324 g/mol. The number of ether oxygens (including phenoxy) is 1. The molecule has 0 radical (unpaired) electrons. The van der Waals surface area contributed by atoms with E-state index >= 15 is 0 Å². The van der Waals surface area contributed by atoms with Gasteiger partial charge in [-0.05, 0) is 33.3 Å². The molecule has 5 nitrogen and oxygen atoms in total. The van der Waals surface area contributed by atoms with Gasteiger partial charge in [0.2, 0.25) is 5.91 Å². The van der Waals surface area contributed by atoms with Gasteiger partial charge in [0.15, 0.2) is 0 Å². The van der Waals surface area contributed by atoms with E-state index in [1.807, 2.05) is 31.2 Å². The molecule has 3 N–H and O–H groups in total. The van der Waals surface area contributed by atoms with Crippen LogP contribution < -0.4 is 11.1 Å². The van der Waals surface area contributed by atoms with Crippen molar-refractivity contribution in [3.8, 4) is 0 Å². The maximum atomic E-state index is 11.7. The number of carbonyl (C=O) groups excluding carboxylic acids is 2. The van der Waals surface area contributed by atoms with E-state index in [-0.39, 0.29) is 0 Å². The minimum atomic E-state index is -0.745.